The summed E-state index contributed by atoms with van der Waals surface area (Å²) in [5.41, 5.74) is 2.32. The van der Waals surface area contributed by atoms with Crippen LogP contribution in [0.25, 0.3) is 10.9 Å². The van der Waals surface area contributed by atoms with E-state index in [1.165, 1.54) is 12.8 Å². The smallest absolute Gasteiger partial charge is 0.258 e. The molecule has 3 aromatic rings. The van der Waals surface area contributed by atoms with Crippen molar-refractivity contribution in [1.29, 1.82) is 0 Å². The molecule has 1 aliphatic heterocycles. The molecule has 2 aromatic heterocycles. The van der Waals surface area contributed by atoms with Crippen LogP contribution < -0.4 is 10.5 Å². The topological polar surface area (TPSA) is 50.2 Å². The summed E-state index contributed by atoms with van der Waals surface area (Å²) in [5, 5.41) is 2.91. The maximum absolute atomic E-state index is 12.3. The maximum Gasteiger partial charge on any atom is 0.258 e. The van der Waals surface area contributed by atoms with Gasteiger partial charge in [0, 0.05) is 22.8 Å². The van der Waals surface area contributed by atoms with Crippen LogP contribution in [0.1, 0.15) is 35.1 Å². The molecule has 1 fully saturated rings. The number of quaternary nitrogens is 1. The lowest BCUT2D eigenvalue weighted by molar-refractivity contribution is -0.950. The van der Waals surface area contributed by atoms with Gasteiger partial charge in [-0.3, -0.25) is 4.79 Å². The Morgan fingerprint density at radius 2 is 2.12 bits per heavy atom. The fourth-order valence-corrected chi connectivity index (χ4v) is 5.06. The molecule has 0 bridgehead atoms. The number of thiophene rings is 1. The van der Waals surface area contributed by atoms with Gasteiger partial charge in [0.05, 0.1) is 17.4 Å². The van der Waals surface area contributed by atoms with Crippen LogP contribution in [0.4, 0.5) is 0 Å². The van der Waals surface area contributed by atoms with E-state index in [0.717, 1.165) is 36.8 Å². The van der Waals surface area contributed by atoms with Gasteiger partial charge in [0.1, 0.15) is 12.6 Å². The van der Waals surface area contributed by atoms with Gasteiger partial charge >= 0.3 is 0 Å². The first kappa shape index (κ1) is 14.4. The highest BCUT2D eigenvalue weighted by atomic mass is 32.1. The van der Waals surface area contributed by atoms with E-state index in [0.29, 0.717) is 11.4 Å². The van der Waals surface area contributed by atoms with Crippen LogP contribution in [0.5, 0.6) is 0 Å². The lowest BCUT2D eigenvalue weighted by Crippen LogP contribution is -3.12. The Kier molecular flexibility index (Phi) is 3.31. The van der Waals surface area contributed by atoms with Crippen molar-refractivity contribution >= 4 is 22.2 Å². The zero-order valence-corrected chi connectivity index (χ0v) is 14.2. The number of hydrogen-bond donors (Lipinski definition) is 2. The molecule has 1 saturated carbocycles. The molecule has 0 saturated heterocycles. The fourth-order valence-electron chi connectivity index (χ4n) is 4.13. The molecule has 4 nitrogen and oxygen atoms in total. The number of nitrogens with one attached hydrogen (secondary N) is 2. The predicted octanol–water partition coefficient (Wildman–Crippen LogP) is 2.08. The highest BCUT2D eigenvalue weighted by Gasteiger charge is 2.43. The highest BCUT2D eigenvalue weighted by molar-refractivity contribution is 7.10. The van der Waals surface area contributed by atoms with Crippen molar-refractivity contribution in [3.05, 3.63) is 62.3 Å². The maximum atomic E-state index is 12.3. The van der Waals surface area contributed by atoms with Gasteiger partial charge in [-0.15, -0.1) is 11.3 Å². The molecule has 5 heteroatoms. The minimum atomic E-state index is -0.0220. The average molecular weight is 338 g/mol. The highest BCUT2D eigenvalue weighted by Crippen LogP contribution is 2.42. The van der Waals surface area contributed by atoms with Gasteiger partial charge < -0.3 is 9.88 Å². The number of para-hydroxylation sites is 1. The summed E-state index contributed by atoms with van der Waals surface area (Å²) < 4.78 is 0. The molecule has 3 heterocycles. The molecule has 5 rings (SSSR count). The SMILES string of the molecule is O=c1[nH]c(C[NH+]2CCc3sccc3[C@H]2C2CC2)nc2ccccc12. The Morgan fingerprint density at radius 3 is 3.00 bits per heavy atom. The molecule has 2 aliphatic rings. The Labute approximate surface area is 144 Å². The molecule has 0 spiro atoms. The van der Waals surface area contributed by atoms with Gasteiger partial charge in [-0.25, -0.2) is 4.98 Å². The Morgan fingerprint density at radius 1 is 1.25 bits per heavy atom. The lowest BCUT2D eigenvalue weighted by Gasteiger charge is -2.32. The third-order valence-electron chi connectivity index (χ3n) is 5.38. The molecule has 1 aliphatic carbocycles. The van der Waals surface area contributed by atoms with Gasteiger partial charge in [-0.1, -0.05) is 12.1 Å². The second-order valence-corrected chi connectivity index (χ2v) is 7.98. The van der Waals surface area contributed by atoms with Crippen molar-refractivity contribution in [2.75, 3.05) is 6.54 Å². The number of H-pyrrole nitrogens is 1. The molecule has 2 N–H and O–H groups in total. The van der Waals surface area contributed by atoms with Gasteiger partial charge in [0.2, 0.25) is 0 Å². The largest absolute Gasteiger partial charge is 0.322 e. The van der Waals surface area contributed by atoms with Gasteiger partial charge in [0.15, 0.2) is 5.82 Å². The van der Waals surface area contributed by atoms with E-state index >= 15 is 0 Å². The molecule has 122 valence electrons. The van der Waals surface area contributed by atoms with Gasteiger partial charge in [0.25, 0.3) is 5.56 Å². The van der Waals surface area contributed by atoms with Crippen LogP contribution in [-0.2, 0) is 13.0 Å². The molecule has 1 aromatic carbocycles. The molecular formula is C19H20N3OS+. The third kappa shape index (κ3) is 2.39. The first-order valence-electron chi connectivity index (χ1n) is 8.68. The second kappa shape index (κ2) is 5.53. The minimum Gasteiger partial charge on any atom is -0.322 e. The van der Waals surface area contributed by atoms with Crippen LogP contribution in [0.3, 0.4) is 0 Å². The number of rotatable bonds is 3. The zero-order valence-electron chi connectivity index (χ0n) is 13.4. The summed E-state index contributed by atoms with van der Waals surface area (Å²) in [6, 6.07) is 10.5. The van der Waals surface area contributed by atoms with Crippen molar-refractivity contribution in [3.63, 3.8) is 0 Å². The van der Waals surface area contributed by atoms with Crippen molar-refractivity contribution in [2.45, 2.75) is 31.8 Å². The fraction of sp³-hybridized carbons (Fsp3) is 0.368. The van der Waals surface area contributed by atoms with Gasteiger partial charge in [-0.2, -0.15) is 0 Å². The van der Waals surface area contributed by atoms with Crippen molar-refractivity contribution in [2.24, 2.45) is 5.92 Å². The Balaban J connectivity index is 1.50. The van der Waals surface area contributed by atoms with E-state index in [-0.39, 0.29) is 5.56 Å². The summed E-state index contributed by atoms with van der Waals surface area (Å²) >= 11 is 1.90. The van der Waals surface area contributed by atoms with E-state index in [9.17, 15) is 4.79 Å². The van der Waals surface area contributed by atoms with Crippen LogP contribution in [0.15, 0.2) is 40.5 Å². The van der Waals surface area contributed by atoms with Crippen molar-refractivity contribution in [3.8, 4) is 0 Å². The van der Waals surface area contributed by atoms with Crippen molar-refractivity contribution < 1.29 is 4.90 Å². The summed E-state index contributed by atoms with van der Waals surface area (Å²) in [6.07, 6.45) is 3.82. The first-order chi connectivity index (χ1) is 11.8. The third-order valence-corrected chi connectivity index (χ3v) is 6.37. The molecule has 0 radical (unpaired) electrons. The number of aromatic nitrogens is 2. The number of benzene rings is 1. The molecular weight excluding hydrogens is 318 g/mol. The first-order valence-corrected chi connectivity index (χ1v) is 9.56. The Hall–Kier alpha value is -1.98. The number of hydrogen-bond acceptors (Lipinski definition) is 3. The van der Waals surface area contributed by atoms with Gasteiger partial charge in [-0.05, 0) is 36.4 Å². The van der Waals surface area contributed by atoms with E-state index in [4.69, 9.17) is 4.98 Å². The van der Waals surface area contributed by atoms with E-state index in [1.807, 2.05) is 35.6 Å². The van der Waals surface area contributed by atoms with Crippen LogP contribution in [0.2, 0.25) is 0 Å². The van der Waals surface area contributed by atoms with E-state index < -0.39 is 0 Å². The Bertz CT molecular complexity index is 956. The quantitative estimate of drug-likeness (QED) is 0.768. The number of fused-ring (bicyclic) bond motifs is 2. The number of aromatic amines is 1. The standard InChI is InChI=1S/C19H19N3OS/c23-19-13-3-1-2-4-15(13)20-17(21-19)11-22-9-7-16-14(8-10-24-16)18(22)12-5-6-12/h1-4,8,10,12,18H,5-7,9,11H2,(H,20,21,23)/p+1/t18-/m1/s1. The summed E-state index contributed by atoms with van der Waals surface area (Å²) in [5.74, 6) is 1.62. The van der Waals surface area contributed by atoms with Crippen LogP contribution >= 0.6 is 11.3 Å². The lowest BCUT2D eigenvalue weighted by atomic mass is 9.96. The number of nitrogens with zero attached hydrogens (tertiary/aromatic N) is 1. The second-order valence-electron chi connectivity index (χ2n) is 6.98. The molecule has 2 atom stereocenters. The summed E-state index contributed by atoms with van der Waals surface area (Å²) in [7, 11) is 0. The van der Waals surface area contributed by atoms with Crippen LogP contribution in [-0.4, -0.2) is 16.5 Å². The molecule has 1 unspecified atom stereocenters. The monoisotopic (exact) mass is 338 g/mol. The normalized spacial score (nSPS) is 23.3. The van der Waals surface area contributed by atoms with E-state index in [2.05, 4.69) is 16.4 Å². The zero-order chi connectivity index (χ0) is 16.1. The minimum absolute atomic E-state index is 0.0220. The molecule has 24 heavy (non-hydrogen) atoms. The van der Waals surface area contributed by atoms with E-state index in [1.54, 1.807) is 15.3 Å². The summed E-state index contributed by atoms with van der Waals surface area (Å²) in [4.78, 5) is 23.2. The van der Waals surface area contributed by atoms with Crippen molar-refractivity contribution in [1.82, 2.24) is 9.97 Å². The molecule has 0 amide bonds. The van der Waals surface area contributed by atoms with Crippen LogP contribution in [0, 0.1) is 5.92 Å². The average Bonchev–Trinajstić information content (AvgIpc) is 3.31. The predicted molar refractivity (Wildman–Crippen MR) is 95.4 cm³/mol. The summed E-state index contributed by atoms with van der Waals surface area (Å²) in [6.45, 7) is 1.93.